The van der Waals surface area contributed by atoms with Gasteiger partial charge in [0, 0.05) is 13.2 Å². The van der Waals surface area contributed by atoms with Crippen molar-refractivity contribution in [2.75, 3.05) is 13.7 Å². The van der Waals surface area contributed by atoms with Gasteiger partial charge in [0.05, 0.1) is 10.6 Å². The molecule has 0 aromatic heterocycles. The molecule has 0 heterocycles. The molecule has 0 fully saturated rings. The van der Waals surface area contributed by atoms with Crippen molar-refractivity contribution in [1.29, 1.82) is 0 Å². The molecule has 0 aliphatic rings. The van der Waals surface area contributed by atoms with Crippen LogP contribution < -0.4 is 5.32 Å². The normalized spacial score (nSPS) is 14.5. The maximum Gasteiger partial charge on any atom is 0.137 e. The molecular weight excluding hydrogens is 297 g/mol. The van der Waals surface area contributed by atoms with Gasteiger partial charge < -0.3 is 10.1 Å². The highest BCUT2D eigenvalue weighted by molar-refractivity contribution is 9.10. The van der Waals surface area contributed by atoms with Crippen molar-refractivity contribution < 1.29 is 9.13 Å². The zero-order valence-electron chi connectivity index (χ0n) is 11.2. The van der Waals surface area contributed by atoms with Crippen LogP contribution in [0.15, 0.2) is 22.7 Å². The van der Waals surface area contributed by atoms with Gasteiger partial charge in [0.2, 0.25) is 0 Å². The Kier molecular flexibility index (Phi) is 6.82. The molecule has 0 bridgehead atoms. The quantitative estimate of drug-likeness (QED) is 0.830. The summed E-state index contributed by atoms with van der Waals surface area (Å²) >= 11 is 3.31. The number of hydrogen-bond donors (Lipinski definition) is 1. The average molecular weight is 318 g/mol. The first-order valence-corrected chi connectivity index (χ1v) is 7.06. The summed E-state index contributed by atoms with van der Waals surface area (Å²) in [5.74, 6) is -0.206. The Morgan fingerprint density at radius 3 is 2.78 bits per heavy atom. The van der Waals surface area contributed by atoms with E-state index in [4.69, 9.17) is 4.74 Å². The van der Waals surface area contributed by atoms with Crippen LogP contribution >= 0.6 is 15.9 Å². The van der Waals surface area contributed by atoms with Crippen molar-refractivity contribution in [3.05, 3.63) is 34.1 Å². The third-order valence-corrected chi connectivity index (χ3v) is 3.90. The molecule has 0 saturated heterocycles. The lowest BCUT2D eigenvalue weighted by molar-refractivity contribution is 0.101. The van der Waals surface area contributed by atoms with Crippen molar-refractivity contribution >= 4 is 15.9 Å². The topological polar surface area (TPSA) is 21.3 Å². The summed E-state index contributed by atoms with van der Waals surface area (Å²) in [4.78, 5) is 0. The minimum absolute atomic E-state index is 0.196. The van der Waals surface area contributed by atoms with Crippen LogP contribution in [0.2, 0.25) is 0 Å². The minimum atomic E-state index is -0.206. The molecule has 0 aliphatic heterocycles. The molecule has 1 N–H and O–H groups in total. The Hall–Kier alpha value is -0.450. The SMILES string of the molecule is CCNC(Cc1cccc(F)c1Br)CC(C)OC. The molecule has 0 spiro atoms. The van der Waals surface area contributed by atoms with Gasteiger partial charge in [-0.15, -0.1) is 0 Å². The zero-order chi connectivity index (χ0) is 13.5. The minimum Gasteiger partial charge on any atom is -0.382 e. The smallest absolute Gasteiger partial charge is 0.137 e. The van der Waals surface area contributed by atoms with Crippen molar-refractivity contribution in [2.45, 2.75) is 38.8 Å². The van der Waals surface area contributed by atoms with Crippen molar-refractivity contribution in [2.24, 2.45) is 0 Å². The first-order chi connectivity index (χ1) is 8.58. The number of halogens is 2. The average Bonchev–Trinajstić information content (AvgIpc) is 2.35. The van der Waals surface area contributed by atoms with E-state index in [1.165, 1.54) is 6.07 Å². The highest BCUT2D eigenvalue weighted by Crippen LogP contribution is 2.22. The number of nitrogens with one attached hydrogen (secondary N) is 1. The molecule has 102 valence electrons. The second-order valence-electron chi connectivity index (χ2n) is 4.45. The molecule has 18 heavy (non-hydrogen) atoms. The molecule has 0 radical (unpaired) electrons. The highest BCUT2D eigenvalue weighted by Gasteiger charge is 2.15. The first kappa shape index (κ1) is 15.6. The Balaban J connectivity index is 2.73. The number of rotatable bonds is 7. The maximum absolute atomic E-state index is 13.5. The van der Waals surface area contributed by atoms with E-state index in [1.54, 1.807) is 13.2 Å². The van der Waals surface area contributed by atoms with Gasteiger partial charge in [-0.3, -0.25) is 0 Å². The van der Waals surface area contributed by atoms with Crippen LogP contribution in [-0.4, -0.2) is 25.8 Å². The van der Waals surface area contributed by atoms with E-state index < -0.39 is 0 Å². The molecule has 2 nitrogen and oxygen atoms in total. The lowest BCUT2D eigenvalue weighted by Crippen LogP contribution is -2.34. The fraction of sp³-hybridized carbons (Fsp3) is 0.571. The highest BCUT2D eigenvalue weighted by atomic mass is 79.9. The number of hydrogen-bond acceptors (Lipinski definition) is 2. The van der Waals surface area contributed by atoms with Crippen LogP contribution in [0.5, 0.6) is 0 Å². The molecule has 4 heteroatoms. The molecular formula is C14H21BrFNO. The maximum atomic E-state index is 13.5. The first-order valence-electron chi connectivity index (χ1n) is 6.27. The van der Waals surface area contributed by atoms with E-state index in [2.05, 4.69) is 28.2 Å². The molecule has 1 rings (SSSR count). The second kappa shape index (κ2) is 7.87. The lowest BCUT2D eigenvalue weighted by atomic mass is 10.0. The summed E-state index contributed by atoms with van der Waals surface area (Å²) in [6, 6.07) is 5.46. The van der Waals surface area contributed by atoms with Crippen molar-refractivity contribution in [3.63, 3.8) is 0 Å². The van der Waals surface area contributed by atoms with Crippen LogP contribution in [-0.2, 0) is 11.2 Å². The predicted molar refractivity (Wildman–Crippen MR) is 76.4 cm³/mol. The Morgan fingerprint density at radius 2 is 2.17 bits per heavy atom. The zero-order valence-corrected chi connectivity index (χ0v) is 12.8. The molecule has 1 aromatic rings. The van der Waals surface area contributed by atoms with E-state index in [0.717, 1.165) is 24.9 Å². The van der Waals surface area contributed by atoms with E-state index in [-0.39, 0.29) is 11.9 Å². The Morgan fingerprint density at radius 1 is 1.44 bits per heavy atom. The van der Waals surface area contributed by atoms with Crippen LogP contribution in [0, 0.1) is 5.82 Å². The summed E-state index contributed by atoms with van der Waals surface area (Å²) < 4.78 is 19.3. The van der Waals surface area contributed by atoms with Gasteiger partial charge in [-0.1, -0.05) is 19.1 Å². The van der Waals surface area contributed by atoms with Crippen LogP contribution in [0.3, 0.4) is 0 Å². The summed E-state index contributed by atoms with van der Waals surface area (Å²) in [5.41, 5.74) is 0.990. The summed E-state index contributed by atoms with van der Waals surface area (Å²) in [6.45, 7) is 5.02. The van der Waals surface area contributed by atoms with Gasteiger partial charge in [-0.2, -0.15) is 0 Å². The van der Waals surface area contributed by atoms with E-state index in [0.29, 0.717) is 10.5 Å². The summed E-state index contributed by atoms with van der Waals surface area (Å²) in [5, 5.41) is 3.42. The fourth-order valence-corrected chi connectivity index (χ4v) is 2.42. The van der Waals surface area contributed by atoms with Crippen LogP contribution in [0.25, 0.3) is 0 Å². The lowest BCUT2D eigenvalue weighted by Gasteiger charge is -2.21. The van der Waals surface area contributed by atoms with E-state index in [9.17, 15) is 4.39 Å². The second-order valence-corrected chi connectivity index (χ2v) is 5.25. The van der Waals surface area contributed by atoms with Gasteiger partial charge in [0.1, 0.15) is 5.82 Å². The number of benzene rings is 1. The standard InChI is InChI=1S/C14H21BrFNO/c1-4-17-12(8-10(2)18-3)9-11-6-5-7-13(16)14(11)15/h5-7,10,12,17H,4,8-9H2,1-3H3. The summed E-state index contributed by atoms with van der Waals surface area (Å²) in [7, 11) is 1.71. The fourth-order valence-electron chi connectivity index (χ4n) is 2.00. The third kappa shape index (κ3) is 4.67. The Labute approximate surface area is 117 Å². The van der Waals surface area contributed by atoms with E-state index >= 15 is 0 Å². The Bertz CT molecular complexity index is 373. The molecule has 0 aliphatic carbocycles. The van der Waals surface area contributed by atoms with E-state index in [1.807, 2.05) is 13.0 Å². The summed E-state index contributed by atoms with van der Waals surface area (Å²) in [6.07, 6.45) is 1.90. The molecule has 2 unspecified atom stereocenters. The monoisotopic (exact) mass is 317 g/mol. The number of methoxy groups -OCH3 is 1. The van der Waals surface area contributed by atoms with Gasteiger partial charge in [-0.05, 0) is 53.9 Å². The largest absolute Gasteiger partial charge is 0.382 e. The van der Waals surface area contributed by atoms with Crippen LogP contribution in [0.4, 0.5) is 4.39 Å². The van der Waals surface area contributed by atoms with Crippen molar-refractivity contribution in [1.82, 2.24) is 5.32 Å². The molecule has 2 atom stereocenters. The van der Waals surface area contributed by atoms with Crippen LogP contribution in [0.1, 0.15) is 25.8 Å². The molecule has 0 amide bonds. The van der Waals surface area contributed by atoms with Gasteiger partial charge >= 0.3 is 0 Å². The van der Waals surface area contributed by atoms with Gasteiger partial charge in [0.25, 0.3) is 0 Å². The number of ether oxygens (including phenoxy) is 1. The van der Waals surface area contributed by atoms with Gasteiger partial charge in [0.15, 0.2) is 0 Å². The molecule has 0 saturated carbocycles. The molecule has 1 aromatic carbocycles. The third-order valence-electron chi connectivity index (χ3n) is 3.01. The number of likely N-dealkylation sites (N-methyl/N-ethyl adjacent to an activating group) is 1. The van der Waals surface area contributed by atoms with Crippen molar-refractivity contribution in [3.8, 4) is 0 Å². The predicted octanol–water partition coefficient (Wildman–Crippen LogP) is 3.53. The van der Waals surface area contributed by atoms with Gasteiger partial charge in [-0.25, -0.2) is 4.39 Å².